The third-order valence-corrected chi connectivity index (χ3v) is 3.47. The van der Waals surface area contributed by atoms with Crippen LogP contribution in [-0.2, 0) is 0 Å². The van der Waals surface area contributed by atoms with Crippen molar-refractivity contribution in [3.63, 3.8) is 0 Å². The lowest BCUT2D eigenvalue weighted by Crippen LogP contribution is -3.13. The molecule has 0 aliphatic carbocycles. The van der Waals surface area contributed by atoms with Gasteiger partial charge in [-0.2, -0.15) is 0 Å². The van der Waals surface area contributed by atoms with E-state index >= 15 is 0 Å². The van der Waals surface area contributed by atoms with Gasteiger partial charge >= 0.3 is 0 Å². The van der Waals surface area contributed by atoms with Gasteiger partial charge in [0.15, 0.2) is 0 Å². The number of nitrogens with one attached hydrogen (secondary N) is 1. The Bertz CT molecular complexity index is 127. The van der Waals surface area contributed by atoms with Crippen LogP contribution in [0.5, 0.6) is 0 Å². The van der Waals surface area contributed by atoms with E-state index in [1.807, 2.05) is 4.90 Å². The molecule has 1 aliphatic heterocycles. The van der Waals surface area contributed by atoms with Gasteiger partial charge in [0.1, 0.15) is 0 Å². The highest BCUT2D eigenvalue weighted by molar-refractivity contribution is 4.60. The van der Waals surface area contributed by atoms with Gasteiger partial charge in [-0.15, -0.1) is 0 Å². The Hall–Kier alpha value is 0.250. The van der Waals surface area contributed by atoms with E-state index in [4.69, 9.17) is 0 Å². The molecule has 0 radical (unpaired) electrons. The van der Waals surface area contributed by atoms with Gasteiger partial charge < -0.3 is 17.3 Å². The second-order valence-corrected chi connectivity index (χ2v) is 4.47. The Labute approximate surface area is 95.7 Å². The third-order valence-electron chi connectivity index (χ3n) is 3.47. The number of hydrogen-bond acceptors (Lipinski definition) is 0. The Morgan fingerprint density at radius 1 is 1.14 bits per heavy atom. The Morgan fingerprint density at radius 3 is 2.57 bits per heavy atom. The lowest BCUT2D eigenvalue weighted by atomic mass is 10.1. The molecule has 1 rings (SSSR count). The fourth-order valence-electron chi connectivity index (χ4n) is 2.58. The van der Waals surface area contributed by atoms with E-state index in [1.165, 1.54) is 58.0 Å². The predicted octanol–water partition coefficient (Wildman–Crippen LogP) is -0.972. The van der Waals surface area contributed by atoms with Gasteiger partial charge in [-0.25, -0.2) is 0 Å². The van der Waals surface area contributed by atoms with Crippen LogP contribution in [0, 0.1) is 0 Å². The third kappa shape index (κ3) is 4.65. The first-order valence-electron chi connectivity index (χ1n) is 6.23. The fourth-order valence-corrected chi connectivity index (χ4v) is 2.58. The van der Waals surface area contributed by atoms with Gasteiger partial charge in [-0.1, -0.05) is 26.7 Å². The van der Waals surface area contributed by atoms with Crippen LogP contribution in [0.2, 0.25) is 0 Å². The van der Waals surface area contributed by atoms with Crippen molar-refractivity contribution in [1.82, 2.24) is 0 Å². The maximum Gasteiger partial charge on any atom is 0.0874 e. The summed E-state index contributed by atoms with van der Waals surface area (Å²) in [5.74, 6) is 0. The minimum atomic E-state index is 0. The van der Waals surface area contributed by atoms with Crippen molar-refractivity contribution >= 4 is 0 Å². The molecule has 2 unspecified atom stereocenters. The molecule has 1 nitrogen and oxygen atoms in total. The van der Waals surface area contributed by atoms with E-state index in [0.717, 1.165) is 6.04 Å². The van der Waals surface area contributed by atoms with Crippen LogP contribution in [0.3, 0.4) is 0 Å². The van der Waals surface area contributed by atoms with E-state index < -0.39 is 0 Å². The summed E-state index contributed by atoms with van der Waals surface area (Å²) in [6.07, 6.45) is 10.1. The van der Waals surface area contributed by atoms with Gasteiger partial charge in [0.05, 0.1) is 19.1 Å². The summed E-state index contributed by atoms with van der Waals surface area (Å²) >= 11 is 0. The Kier molecular flexibility index (Phi) is 8.70. The highest BCUT2D eigenvalue weighted by Gasteiger charge is 2.25. The van der Waals surface area contributed by atoms with Gasteiger partial charge in [0.25, 0.3) is 0 Å². The molecular weight excluding hydrogens is 194 g/mol. The van der Waals surface area contributed by atoms with Crippen LogP contribution in [0.4, 0.5) is 0 Å². The summed E-state index contributed by atoms with van der Waals surface area (Å²) in [5, 5.41) is 0. The molecule has 86 valence electrons. The van der Waals surface area contributed by atoms with E-state index in [9.17, 15) is 0 Å². The quantitative estimate of drug-likeness (QED) is 0.549. The van der Waals surface area contributed by atoms with E-state index in [1.54, 1.807) is 0 Å². The summed E-state index contributed by atoms with van der Waals surface area (Å²) in [4.78, 5) is 1.90. The maximum atomic E-state index is 2.35. The maximum absolute atomic E-state index is 2.35. The van der Waals surface area contributed by atoms with Crippen molar-refractivity contribution in [3.8, 4) is 0 Å². The zero-order valence-corrected chi connectivity index (χ0v) is 10.6. The first kappa shape index (κ1) is 14.2. The molecule has 0 aromatic carbocycles. The summed E-state index contributed by atoms with van der Waals surface area (Å²) < 4.78 is 0. The molecule has 0 aromatic heterocycles. The standard InChI is InChI=1S/C12H25N.ClH/c1-3-5-6-7-10-13-11-8-9-12(13)4-2;/h12H,3-11H2,1-2H3;1H. The fraction of sp³-hybridized carbons (Fsp3) is 1.00. The minimum Gasteiger partial charge on any atom is -1.00 e. The molecule has 1 saturated heterocycles. The van der Waals surface area contributed by atoms with E-state index in [2.05, 4.69) is 13.8 Å². The molecule has 0 aromatic rings. The molecule has 1 aliphatic rings. The SMILES string of the molecule is CCCCCC[NH+]1CCCC1CC.[Cl-]. The van der Waals surface area contributed by atoms with E-state index in [-0.39, 0.29) is 12.4 Å². The number of likely N-dealkylation sites (tertiary alicyclic amines) is 1. The molecule has 2 atom stereocenters. The first-order valence-corrected chi connectivity index (χ1v) is 6.23. The summed E-state index contributed by atoms with van der Waals surface area (Å²) in [6.45, 7) is 7.53. The highest BCUT2D eigenvalue weighted by atomic mass is 35.5. The second kappa shape index (κ2) is 8.55. The van der Waals surface area contributed by atoms with Crippen LogP contribution in [0.25, 0.3) is 0 Å². The molecule has 0 spiro atoms. The molecule has 1 fully saturated rings. The summed E-state index contributed by atoms with van der Waals surface area (Å²) in [5.41, 5.74) is 0. The average molecular weight is 220 g/mol. The molecule has 0 amide bonds. The van der Waals surface area contributed by atoms with Crippen molar-refractivity contribution in [2.75, 3.05) is 13.1 Å². The van der Waals surface area contributed by atoms with Crippen molar-refractivity contribution in [1.29, 1.82) is 0 Å². The van der Waals surface area contributed by atoms with Crippen molar-refractivity contribution in [3.05, 3.63) is 0 Å². The van der Waals surface area contributed by atoms with Crippen LogP contribution in [0.15, 0.2) is 0 Å². The topological polar surface area (TPSA) is 4.44 Å². The largest absolute Gasteiger partial charge is 1.00 e. The number of halogens is 1. The molecule has 2 heteroatoms. The molecule has 1 N–H and O–H groups in total. The Balaban J connectivity index is 0.00000169. The number of hydrogen-bond donors (Lipinski definition) is 1. The summed E-state index contributed by atoms with van der Waals surface area (Å²) in [6, 6.07) is 1.00. The monoisotopic (exact) mass is 219 g/mol. The van der Waals surface area contributed by atoms with Gasteiger partial charge in [-0.3, -0.25) is 0 Å². The second-order valence-electron chi connectivity index (χ2n) is 4.47. The molecule has 0 bridgehead atoms. The lowest BCUT2D eigenvalue weighted by molar-refractivity contribution is -0.912. The van der Waals surface area contributed by atoms with Gasteiger partial charge in [0, 0.05) is 12.8 Å². The average Bonchev–Trinajstić information content (AvgIpc) is 2.60. The molecule has 14 heavy (non-hydrogen) atoms. The Morgan fingerprint density at radius 2 is 1.93 bits per heavy atom. The summed E-state index contributed by atoms with van der Waals surface area (Å²) in [7, 11) is 0. The van der Waals surface area contributed by atoms with Crippen LogP contribution in [-0.4, -0.2) is 19.1 Å². The van der Waals surface area contributed by atoms with Crippen molar-refractivity contribution in [2.24, 2.45) is 0 Å². The number of quaternary nitrogens is 1. The van der Waals surface area contributed by atoms with Gasteiger partial charge in [-0.05, 0) is 19.3 Å². The van der Waals surface area contributed by atoms with Crippen molar-refractivity contribution in [2.45, 2.75) is 64.8 Å². The number of unbranched alkanes of at least 4 members (excludes halogenated alkanes) is 3. The molecule has 0 saturated carbocycles. The predicted molar refractivity (Wildman–Crippen MR) is 58.2 cm³/mol. The number of rotatable bonds is 6. The minimum absolute atomic E-state index is 0. The van der Waals surface area contributed by atoms with Crippen LogP contribution < -0.4 is 17.3 Å². The lowest BCUT2D eigenvalue weighted by Gasteiger charge is -2.19. The van der Waals surface area contributed by atoms with Gasteiger partial charge in [0.2, 0.25) is 0 Å². The van der Waals surface area contributed by atoms with E-state index in [0.29, 0.717) is 0 Å². The smallest absolute Gasteiger partial charge is 0.0874 e. The molecular formula is C12H26ClN. The first-order chi connectivity index (χ1) is 6.38. The zero-order chi connectivity index (χ0) is 9.52. The highest BCUT2D eigenvalue weighted by Crippen LogP contribution is 2.04. The van der Waals surface area contributed by atoms with Crippen LogP contribution >= 0.6 is 0 Å². The normalized spacial score (nSPS) is 26.1. The van der Waals surface area contributed by atoms with Crippen molar-refractivity contribution < 1.29 is 17.3 Å². The zero-order valence-electron chi connectivity index (χ0n) is 9.82. The van der Waals surface area contributed by atoms with Crippen LogP contribution in [0.1, 0.15) is 58.8 Å². The molecule has 1 heterocycles.